The molecule has 1 unspecified atom stereocenters. The van der Waals surface area contributed by atoms with E-state index in [-0.39, 0.29) is 24.1 Å². The Balaban J connectivity index is 1.57. The average molecular weight is 301 g/mol. The molecule has 1 saturated heterocycles. The molecule has 1 aliphatic heterocycles. The quantitative estimate of drug-likeness (QED) is 0.771. The molecule has 22 heavy (non-hydrogen) atoms. The van der Waals surface area contributed by atoms with Gasteiger partial charge in [0.25, 0.3) is 5.56 Å². The van der Waals surface area contributed by atoms with Crippen LogP contribution in [0.5, 0.6) is 6.01 Å². The molecule has 1 amide bonds. The second-order valence-corrected chi connectivity index (χ2v) is 4.92. The first kappa shape index (κ1) is 14.2. The fraction of sp³-hybridized carbons (Fsp3) is 0.357. The number of aromatic nitrogens is 4. The highest BCUT2D eigenvalue weighted by atomic mass is 16.5. The first-order valence-electron chi connectivity index (χ1n) is 6.96. The van der Waals surface area contributed by atoms with Crippen LogP contribution in [0.25, 0.3) is 0 Å². The SMILES string of the molecule is O=C(Cn1ncccc1=O)N1CCC(Oc2ncccn2)C1. The second kappa shape index (κ2) is 6.33. The number of likely N-dealkylation sites (tertiary alicyclic amines) is 1. The van der Waals surface area contributed by atoms with Gasteiger partial charge in [-0.1, -0.05) is 0 Å². The number of hydrogen-bond acceptors (Lipinski definition) is 6. The summed E-state index contributed by atoms with van der Waals surface area (Å²) >= 11 is 0. The summed E-state index contributed by atoms with van der Waals surface area (Å²) in [5.74, 6) is -0.152. The Bertz CT molecular complexity index is 703. The van der Waals surface area contributed by atoms with E-state index < -0.39 is 0 Å². The lowest BCUT2D eigenvalue weighted by atomic mass is 10.3. The van der Waals surface area contributed by atoms with Gasteiger partial charge >= 0.3 is 6.01 Å². The third-order valence-corrected chi connectivity index (χ3v) is 3.38. The molecule has 0 aliphatic carbocycles. The first-order chi connectivity index (χ1) is 10.7. The predicted molar refractivity (Wildman–Crippen MR) is 76.1 cm³/mol. The second-order valence-electron chi connectivity index (χ2n) is 4.92. The predicted octanol–water partition coefficient (Wildman–Crippen LogP) is -0.287. The number of carbonyl (C=O) groups excluding carboxylic acids is 1. The van der Waals surface area contributed by atoms with E-state index in [1.165, 1.54) is 12.3 Å². The summed E-state index contributed by atoms with van der Waals surface area (Å²) in [6, 6.07) is 4.94. The first-order valence-corrected chi connectivity index (χ1v) is 6.96. The molecular weight excluding hydrogens is 286 g/mol. The molecule has 0 saturated carbocycles. The van der Waals surface area contributed by atoms with Gasteiger partial charge in [-0.05, 0) is 12.1 Å². The van der Waals surface area contributed by atoms with E-state index in [1.54, 1.807) is 29.4 Å². The van der Waals surface area contributed by atoms with Crippen LogP contribution < -0.4 is 10.3 Å². The van der Waals surface area contributed by atoms with Crippen molar-refractivity contribution in [3.05, 3.63) is 47.1 Å². The molecule has 3 heterocycles. The van der Waals surface area contributed by atoms with E-state index in [9.17, 15) is 9.59 Å². The number of nitrogens with zero attached hydrogens (tertiary/aromatic N) is 5. The van der Waals surface area contributed by atoms with Gasteiger partial charge in [-0.2, -0.15) is 5.10 Å². The summed E-state index contributed by atoms with van der Waals surface area (Å²) in [7, 11) is 0. The summed E-state index contributed by atoms with van der Waals surface area (Å²) in [5, 5.41) is 3.88. The van der Waals surface area contributed by atoms with Crippen LogP contribution in [0.15, 0.2) is 41.6 Å². The third-order valence-electron chi connectivity index (χ3n) is 3.38. The van der Waals surface area contributed by atoms with E-state index >= 15 is 0 Å². The Morgan fingerprint density at radius 2 is 2.09 bits per heavy atom. The fourth-order valence-corrected chi connectivity index (χ4v) is 2.28. The topological polar surface area (TPSA) is 90.2 Å². The molecule has 1 aliphatic rings. The highest BCUT2D eigenvalue weighted by molar-refractivity contribution is 5.76. The van der Waals surface area contributed by atoms with E-state index in [1.807, 2.05) is 0 Å². The van der Waals surface area contributed by atoms with Crippen molar-refractivity contribution >= 4 is 5.91 Å². The van der Waals surface area contributed by atoms with Gasteiger partial charge in [0, 0.05) is 37.6 Å². The Labute approximate surface area is 126 Å². The molecule has 2 aromatic rings. The van der Waals surface area contributed by atoms with Gasteiger partial charge in [-0.25, -0.2) is 14.6 Å². The van der Waals surface area contributed by atoms with Crippen LogP contribution in [-0.2, 0) is 11.3 Å². The van der Waals surface area contributed by atoms with Gasteiger partial charge in [0.05, 0.1) is 6.54 Å². The Morgan fingerprint density at radius 3 is 2.86 bits per heavy atom. The molecule has 114 valence electrons. The minimum atomic E-state index is -0.291. The standard InChI is InChI=1S/C14H15N5O3/c20-12-3-1-7-17-19(12)10-13(21)18-8-4-11(9-18)22-14-15-5-2-6-16-14/h1-3,5-7,11H,4,8-10H2. The van der Waals surface area contributed by atoms with Crippen molar-refractivity contribution in [2.45, 2.75) is 19.1 Å². The summed E-state index contributed by atoms with van der Waals surface area (Å²) in [6.45, 7) is 0.977. The van der Waals surface area contributed by atoms with Crippen LogP contribution in [0, 0.1) is 0 Å². The van der Waals surface area contributed by atoms with Crippen LogP contribution in [0.1, 0.15) is 6.42 Å². The van der Waals surface area contributed by atoms with Crippen LogP contribution in [0.2, 0.25) is 0 Å². The summed E-state index contributed by atoms with van der Waals surface area (Å²) in [5.41, 5.74) is -0.291. The van der Waals surface area contributed by atoms with Crippen molar-refractivity contribution in [2.24, 2.45) is 0 Å². The highest BCUT2D eigenvalue weighted by Crippen LogP contribution is 2.14. The Hall–Kier alpha value is -2.77. The van der Waals surface area contributed by atoms with Crippen LogP contribution in [0.4, 0.5) is 0 Å². The van der Waals surface area contributed by atoms with Crippen molar-refractivity contribution in [1.29, 1.82) is 0 Å². The van der Waals surface area contributed by atoms with Crippen LogP contribution >= 0.6 is 0 Å². The molecule has 1 fully saturated rings. The molecule has 0 bridgehead atoms. The number of amides is 1. The zero-order valence-corrected chi connectivity index (χ0v) is 11.8. The van der Waals surface area contributed by atoms with Crippen molar-refractivity contribution in [2.75, 3.05) is 13.1 Å². The maximum atomic E-state index is 12.2. The van der Waals surface area contributed by atoms with Crippen molar-refractivity contribution in [3.63, 3.8) is 0 Å². The molecule has 0 aromatic carbocycles. The summed E-state index contributed by atoms with van der Waals surface area (Å²) in [6.07, 6.45) is 5.27. The molecule has 1 atom stereocenters. The van der Waals surface area contributed by atoms with Gasteiger partial charge in [-0.3, -0.25) is 9.59 Å². The smallest absolute Gasteiger partial charge is 0.316 e. The van der Waals surface area contributed by atoms with E-state index in [4.69, 9.17) is 4.74 Å². The summed E-state index contributed by atoms with van der Waals surface area (Å²) < 4.78 is 6.78. The fourth-order valence-electron chi connectivity index (χ4n) is 2.28. The third kappa shape index (κ3) is 3.27. The number of carbonyl (C=O) groups is 1. The molecule has 8 heteroatoms. The molecule has 3 rings (SSSR count). The lowest BCUT2D eigenvalue weighted by Gasteiger charge is -2.16. The largest absolute Gasteiger partial charge is 0.458 e. The Kier molecular flexibility index (Phi) is 4.08. The monoisotopic (exact) mass is 301 g/mol. The van der Waals surface area contributed by atoms with E-state index in [0.29, 0.717) is 25.5 Å². The molecule has 2 aromatic heterocycles. The average Bonchev–Trinajstić information content (AvgIpc) is 2.99. The molecule has 0 radical (unpaired) electrons. The maximum Gasteiger partial charge on any atom is 0.316 e. The maximum absolute atomic E-state index is 12.2. The van der Waals surface area contributed by atoms with Crippen molar-refractivity contribution in [1.82, 2.24) is 24.6 Å². The zero-order chi connectivity index (χ0) is 15.4. The number of ether oxygens (including phenoxy) is 1. The minimum absolute atomic E-state index is 0.0613. The zero-order valence-electron chi connectivity index (χ0n) is 11.8. The normalized spacial score (nSPS) is 17.5. The van der Waals surface area contributed by atoms with Gasteiger partial charge in [0.15, 0.2) is 0 Å². The van der Waals surface area contributed by atoms with Crippen molar-refractivity contribution in [3.8, 4) is 6.01 Å². The van der Waals surface area contributed by atoms with Crippen LogP contribution in [0.3, 0.4) is 0 Å². The minimum Gasteiger partial charge on any atom is -0.458 e. The summed E-state index contributed by atoms with van der Waals surface area (Å²) in [4.78, 5) is 33.4. The van der Waals surface area contributed by atoms with E-state index in [2.05, 4.69) is 15.1 Å². The number of hydrogen-bond donors (Lipinski definition) is 0. The Morgan fingerprint density at radius 1 is 1.27 bits per heavy atom. The van der Waals surface area contributed by atoms with E-state index in [0.717, 1.165) is 4.68 Å². The van der Waals surface area contributed by atoms with Crippen LogP contribution in [-0.4, -0.2) is 49.7 Å². The van der Waals surface area contributed by atoms with Gasteiger partial charge in [-0.15, -0.1) is 0 Å². The van der Waals surface area contributed by atoms with Gasteiger partial charge < -0.3 is 9.64 Å². The van der Waals surface area contributed by atoms with Gasteiger partial charge in [0.2, 0.25) is 5.91 Å². The molecule has 0 spiro atoms. The van der Waals surface area contributed by atoms with Gasteiger partial charge in [0.1, 0.15) is 12.6 Å². The lowest BCUT2D eigenvalue weighted by molar-refractivity contribution is -0.131. The lowest BCUT2D eigenvalue weighted by Crippen LogP contribution is -2.36. The number of rotatable bonds is 4. The molecule has 0 N–H and O–H groups in total. The molecular formula is C14H15N5O3. The molecule has 8 nitrogen and oxygen atoms in total. The van der Waals surface area contributed by atoms with Crippen molar-refractivity contribution < 1.29 is 9.53 Å². The highest BCUT2D eigenvalue weighted by Gasteiger charge is 2.28.